The molecule has 128 valence electrons. The molecule has 4 rings (SSSR count). The molecule has 2 aromatic heterocycles. The molecule has 0 amide bonds. The molecule has 0 aliphatic carbocycles. The zero-order valence-electron chi connectivity index (χ0n) is 12.8. The van der Waals surface area contributed by atoms with Crippen LogP contribution in [0.25, 0.3) is 22.0 Å². The van der Waals surface area contributed by atoms with Crippen LogP contribution in [0.5, 0.6) is 0 Å². The van der Waals surface area contributed by atoms with Crippen LogP contribution >= 0.6 is 0 Å². The summed E-state index contributed by atoms with van der Waals surface area (Å²) in [6.45, 7) is 1.55. The first-order chi connectivity index (χ1) is 11.8. The third kappa shape index (κ3) is 2.52. The number of nitrogens with one attached hydrogen (secondary N) is 2. The summed E-state index contributed by atoms with van der Waals surface area (Å²) in [7, 11) is -4.15. The number of aromatic nitrogens is 2. The molecule has 6 nitrogen and oxygen atoms in total. The third-order valence-electron chi connectivity index (χ3n) is 3.72. The Hall–Kier alpha value is -2.94. The number of hydrogen-bond donors (Lipinski definition) is 2. The van der Waals surface area contributed by atoms with Crippen LogP contribution in [0.3, 0.4) is 0 Å². The van der Waals surface area contributed by atoms with Gasteiger partial charge in [-0.2, -0.15) is 0 Å². The van der Waals surface area contributed by atoms with Crippen molar-refractivity contribution in [1.29, 1.82) is 0 Å². The smallest absolute Gasteiger partial charge is 0.264 e. The fourth-order valence-corrected chi connectivity index (χ4v) is 3.92. The number of aryl methyl sites for hydroxylation is 1. The second kappa shape index (κ2) is 5.28. The molecule has 0 saturated carbocycles. The van der Waals surface area contributed by atoms with Crippen molar-refractivity contribution >= 4 is 37.7 Å². The van der Waals surface area contributed by atoms with Crippen molar-refractivity contribution in [3.63, 3.8) is 0 Å². The number of hydrogen-bond acceptors (Lipinski definition) is 4. The maximum atomic E-state index is 14.1. The lowest BCUT2D eigenvalue weighted by Gasteiger charge is -2.07. The van der Waals surface area contributed by atoms with Crippen LogP contribution < -0.4 is 4.72 Å². The topological polar surface area (TPSA) is 88.0 Å². The molecule has 0 bridgehead atoms. The minimum atomic E-state index is -4.15. The van der Waals surface area contributed by atoms with Crippen molar-refractivity contribution in [3.8, 4) is 0 Å². The van der Waals surface area contributed by atoms with Crippen LogP contribution in [-0.4, -0.2) is 18.4 Å². The zero-order valence-corrected chi connectivity index (χ0v) is 13.6. The van der Waals surface area contributed by atoms with Crippen LogP contribution in [0.2, 0.25) is 0 Å². The molecule has 9 heteroatoms. The second-order valence-electron chi connectivity index (χ2n) is 5.46. The van der Waals surface area contributed by atoms with Gasteiger partial charge in [-0.1, -0.05) is 6.07 Å². The number of sulfonamides is 1. The SMILES string of the molecule is Cc1nc2c(F)cc(NS(=O)(=O)c3c[nH]c4cccc(F)c34)cc2o1. The van der Waals surface area contributed by atoms with Crippen molar-refractivity contribution < 1.29 is 21.6 Å². The van der Waals surface area contributed by atoms with E-state index in [0.717, 1.165) is 12.1 Å². The van der Waals surface area contributed by atoms with E-state index in [1.807, 2.05) is 0 Å². The van der Waals surface area contributed by atoms with Gasteiger partial charge in [-0.15, -0.1) is 0 Å². The van der Waals surface area contributed by atoms with Gasteiger partial charge in [0.2, 0.25) is 0 Å². The first-order valence-electron chi connectivity index (χ1n) is 7.20. The Bertz CT molecular complexity index is 1230. The van der Waals surface area contributed by atoms with Gasteiger partial charge in [-0.25, -0.2) is 22.2 Å². The number of nitrogens with zero attached hydrogens (tertiary/aromatic N) is 1. The molecule has 0 aliphatic heterocycles. The number of anilines is 1. The number of fused-ring (bicyclic) bond motifs is 2. The van der Waals surface area contributed by atoms with E-state index in [0.29, 0.717) is 5.52 Å². The lowest BCUT2D eigenvalue weighted by atomic mass is 10.2. The van der Waals surface area contributed by atoms with E-state index in [-0.39, 0.29) is 33.0 Å². The van der Waals surface area contributed by atoms with E-state index >= 15 is 0 Å². The minimum absolute atomic E-state index is 0.0126. The normalized spacial score (nSPS) is 12.1. The summed E-state index contributed by atoms with van der Waals surface area (Å²) in [5, 5.41) is -0.0629. The monoisotopic (exact) mass is 363 g/mol. The second-order valence-corrected chi connectivity index (χ2v) is 7.11. The summed E-state index contributed by atoms with van der Waals surface area (Å²) in [5.41, 5.74) is 0.415. The molecule has 0 unspecified atom stereocenters. The predicted molar refractivity (Wildman–Crippen MR) is 87.8 cm³/mol. The molecule has 25 heavy (non-hydrogen) atoms. The Morgan fingerprint density at radius 3 is 2.80 bits per heavy atom. The molecule has 0 fully saturated rings. The van der Waals surface area contributed by atoms with Crippen molar-refractivity contribution in [2.75, 3.05) is 4.72 Å². The maximum Gasteiger partial charge on any atom is 0.264 e. The van der Waals surface area contributed by atoms with Gasteiger partial charge in [-0.3, -0.25) is 4.72 Å². The molecule has 4 aromatic rings. The van der Waals surface area contributed by atoms with Crippen LogP contribution in [0.15, 0.2) is 45.8 Å². The van der Waals surface area contributed by atoms with Gasteiger partial charge in [-0.05, 0) is 12.1 Å². The van der Waals surface area contributed by atoms with Crippen LogP contribution in [-0.2, 0) is 10.0 Å². The van der Waals surface area contributed by atoms with E-state index in [4.69, 9.17) is 4.42 Å². The quantitative estimate of drug-likeness (QED) is 0.581. The van der Waals surface area contributed by atoms with E-state index in [1.165, 1.54) is 18.3 Å². The van der Waals surface area contributed by atoms with Crippen LogP contribution in [0, 0.1) is 18.6 Å². The maximum absolute atomic E-state index is 14.1. The van der Waals surface area contributed by atoms with Crippen LogP contribution in [0.1, 0.15) is 5.89 Å². The Morgan fingerprint density at radius 1 is 1.20 bits per heavy atom. The Morgan fingerprint density at radius 2 is 2.00 bits per heavy atom. The third-order valence-corrected chi connectivity index (χ3v) is 5.12. The lowest BCUT2D eigenvalue weighted by Crippen LogP contribution is -2.13. The molecular formula is C16H11F2N3O3S. The standard InChI is InChI=1S/C16H11F2N3O3S/c1-8-20-16-11(18)5-9(6-13(16)24-8)21-25(22,23)14-7-19-12-4-2-3-10(17)15(12)14/h2-7,19,21H,1H3. The van der Waals surface area contributed by atoms with Crippen molar-refractivity contribution in [3.05, 3.63) is 54.1 Å². The highest BCUT2D eigenvalue weighted by molar-refractivity contribution is 7.93. The largest absolute Gasteiger partial charge is 0.441 e. The highest BCUT2D eigenvalue weighted by Gasteiger charge is 2.22. The van der Waals surface area contributed by atoms with Gasteiger partial charge >= 0.3 is 0 Å². The van der Waals surface area contributed by atoms with E-state index < -0.39 is 21.7 Å². The molecule has 0 aliphatic rings. The molecule has 2 heterocycles. The van der Waals surface area contributed by atoms with Gasteiger partial charge in [0, 0.05) is 30.8 Å². The molecule has 2 N–H and O–H groups in total. The summed E-state index contributed by atoms with van der Waals surface area (Å²) in [4.78, 5) is 6.31. The zero-order chi connectivity index (χ0) is 17.8. The first kappa shape index (κ1) is 15.6. The Kier molecular flexibility index (Phi) is 3.29. The molecule has 0 radical (unpaired) electrons. The Labute approximate surface area is 140 Å². The molecular weight excluding hydrogens is 352 g/mol. The minimum Gasteiger partial charge on any atom is -0.441 e. The predicted octanol–water partition coefficient (Wildman–Crippen LogP) is 3.70. The van der Waals surface area contributed by atoms with E-state index in [1.54, 1.807) is 13.0 Å². The van der Waals surface area contributed by atoms with Gasteiger partial charge in [0.25, 0.3) is 10.0 Å². The van der Waals surface area contributed by atoms with Gasteiger partial charge in [0.05, 0.1) is 11.1 Å². The highest BCUT2D eigenvalue weighted by atomic mass is 32.2. The number of rotatable bonds is 3. The Balaban J connectivity index is 1.81. The van der Waals surface area contributed by atoms with Gasteiger partial charge < -0.3 is 9.40 Å². The molecule has 0 atom stereocenters. The fraction of sp³-hybridized carbons (Fsp3) is 0.0625. The summed E-state index contributed by atoms with van der Waals surface area (Å²) in [6.07, 6.45) is 1.18. The van der Waals surface area contributed by atoms with Gasteiger partial charge in [0.15, 0.2) is 17.3 Å². The highest BCUT2D eigenvalue weighted by Crippen LogP contribution is 2.29. The first-order valence-corrected chi connectivity index (χ1v) is 8.68. The lowest BCUT2D eigenvalue weighted by molar-refractivity contribution is 0.561. The molecule has 0 saturated heterocycles. The summed E-state index contributed by atoms with van der Waals surface area (Å²) in [6, 6.07) is 6.50. The number of H-pyrrole nitrogens is 1. The van der Waals surface area contributed by atoms with Crippen molar-refractivity contribution in [2.45, 2.75) is 11.8 Å². The van der Waals surface area contributed by atoms with Crippen molar-refractivity contribution in [2.24, 2.45) is 0 Å². The van der Waals surface area contributed by atoms with Crippen LogP contribution in [0.4, 0.5) is 14.5 Å². The number of halogens is 2. The average molecular weight is 363 g/mol. The fourth-order valence-electron chi connectivity index (χ4n) is 2.69. The number of aromatic amines is 1. The molecule has 2 aromatic carbocycles. The van der Waals surface area contributed by atoms with Crippen molar-refractivity contribution in [1.82, 2.24) is 9.97 Å². The van der Waals surface area contributed by atoms with E-state index in [9.17, 15) is 17.2 Å². The molecule has 0 spiro atoms. The van der Waals surface area contributed by atoms with E-state index in [2.05, 4.69) is 14.7 Å². The average Bonchev–Trinajstić information content (AvgIpc) is 3.11. The summed E-state index contributed by atoms with van der Waals surface area (Å²) < 4.78 is 60.8. The summed E-state index contributed by atoms with van der Waals surface area (Å²) >= 11 is 0. The number of oxazole rings is 1. The number of benzene rings is 2. The van der Waals surface area contributed by atoms with Gasteiger partial charge in [0.1, 0.15) is 16.2 Å². The summed E-state index contributed by atoms with van der Waals surface area (Å²) in [5.74, 6) is -1.14.